The van der Waals surface area contributed by atoms with Crippen LogP contribution in [-0.2, 0) is 12.8 Å². The van der Waals surface area contributed by atoms with Crippen molar-refractivity contribution in [2.45, 2.75) is 30.6 Å². The second-order valence-corrected chi connectivity index (χ2v) is 6.16. The van der Waals surface area contributed by atoms with E-state index in [0.29, 0.717) is 6.61 Å². The monoisotopic (exact) mass is 265 g/mol. The van der Waals surface area contributed by atoms with Crippen molar-refractivity contribution in [3.8, 4) is 0 Å². The Morgan fingerprint density at radius 1 is 1.33 bits per heavy atom. The van der Waals surface area contributed by atoms with Crippen molar-refractivity contribution in [2.75, 3.05) is 32.5 Å². The summed E-state index contributed by atoms with van der Waals surface area (Å²) in [5.41, 5.74) is 2.99. The number of nitrogens with zero attached hydrogens (tertiary/aromatic N) is 1. The van der Waals surface area contributed by atoms with Crippen LogP contribution in [0.25, 0.3) is 0 Å². The minimum atomic E-state index is 0.292. The predicted molar refractivity (Wildman–Crippen MR) is 78.4 cm³/mol. The van der Waals surface area contributed by atoms with Gasteiger partial charge in [-0.25, -0.2) is 0 Å². The first kappa shape index (κ1) is 13.9. The molecule has 1 heterocycles. The van der Waals surface area contributed by atoms with Gasteiger partial charge in [-0.1, -0.05) is 12.1 Å². The summed E-state index contributed by atoms with van der Waals surface area (Å²) < 4.78 is 0. The number of likely N-dealkylation sites (N-methyl/N-ethyl adjacent to an activating group) is 1. The number of aliphatic hydroxyl groups is 1. The maximum atomic E-state index is 8.80. The third-order valence-electron chi connectivity index (χ3n) is 3.45. The van der Waals surface area contributed by atoms with Crippen LogP contribution in [0.15, 0.2) is 23.1 Å². The lowest BCUT2D eigenvalue weighted by molar-refractivity contribution is 0.248. The molecule has 1 N–H and O–H groups in total. The Morgan fingerprint density at radius 2 is 2.22 bits per heavy atom. The average molecular weight is 265 g/mol. The highest BCUT2D eigenvalue weighted by molar-refractivity contribution is 7.99. The summed E-state index contributed by atoms with van der Waals surface area (Å²) >= 11 is 1.99. The molecule has 1 aliphatic heterocycles. The quantitative estimate of drug-likeness (QED) is 0.855. The number of hydrogen-bond acceptors (Lipinski definition) is 3. The van der Waals surface area contributed by atoms with E-state index in [-0.39, 0.29) is 0 Å². The van der Waals surface area contributed by atoms with Crippen LogP contribution in [0.4, 0.5) is 0 Å². The lowest BCUT2D eigenvalue weighted by Gasteiger charge is -2.18. The minimum Gasteiger partial charge on any atom is -0.396 e. The van der Waals surface area contributed by atoms with E-state index in [2.05, 4.69) is 30.1 Å². The van der Waals surface area contributed by atoms with Crippen LogP contribution in [0.2, 0.25) is 0 Å². The van der Waals surface area contributed by atoms with Crippen molar-refractivity contribution >= 4 is 11.8 Å². The van der Waals surface area contributed by atoms with Gasteiger partial charge in [0.1, 0.15) is 0 Å². The molecule has 0 saturated carbocycles. The summed E-state index contributed by atoms with van der Waals surface area (Å²) in [5.74, 6) is 1.27. The van der Waals surface area contributed by atoms with Gasteiger partial charge in [-0.3, -0.25) is 0 Å². The zero-order valence-corrected chi connectivity index (χ0v) is 12.0. The van der Waals surface area contributed by atoms with Gasteiger partial charge in [0.25, 0.3) is 0 Å². The molecule has 0 aromatic heterocycles. The number of hydrogen-bond donors (Lipinski definition) is 1. The molecule has 0 atom stereocenters. The Hall–Kier alpha value is -0.510. The molecule has 2 rings (SSSR count). The summed E-state index contributed by atoms with van der Waals surface area (Å²) in [5, 5.41) is 8.80. The predicted octanol–water partition coefficient (Wildman–Crippen LogP) is 2.58. The molecule has 2 nitrogen and oxygen atoms in total. The highest BCUT2D eigenvalue weighted by Crippen LogP contribution is 2.30. The van der Waals surface area contributed by atoms with E-state index in [4.69, 9.17) is 5.11 Å². The number of rotatable bonds is 6. The molecular weight excluding hydrogens is 242 g/mol. The lowest BCUT2D eigenvalue weighted by atomic mass is 10.0. The maximum Gasteiger partial charge on any atom is 0.0443 e. The molecule has 1 aromatic rings. The first-order valence-electron chi connectivity index (χ1n) is 6.83. The standard InChI is InChI=1S/C15H23NOS/c1-16(8-3-10-17)9-7-13-5-6-15-14(12-13)4-2-11-18-15/h5-6,12,17H,2-4,7-11H2,1H3. The van der Waals surface area contributed by atoms with Gasteiger partial charge in [0, 0.05) is 24.6 Å². The van der Waals surface area contributed by atoms with E-state index in [1.165, 1.54) is 29.1 Å². The van der Waals surface area contributed by atoms with Gasteiger partial charge in [0.15, 0.2) is 0 Å². The minimum absolute atomic E-state index is 0.292. The maximum absolute atomic E-state index is 8.80. The van der Waals surface area contributed by atoms with Gasteiger partial charge in [0.05, 0.1) is 0 Å². The molecular formula is C15H23NOS. The number of aryl methyl sites for hydroxylation is 1. The summed E-state index contributed by atoms with van der Waals surface area (Å²) in [7, 11) is 2.13. The van der Waals surface area contributed by atoms with E-state index >= 15 is 0 Å². The zero-order valence-electron chi connectivity index (χ0n) is 11.2. The second kappa shape index (κ2) is 7.17. The van der Waals surface area contributed by atoms with Crippen molar-refractivity contribution in [2.24, 2.45) is 0 Å². The largest absolute Gasteiger partial charge is 0.396 e. The van der Waals surface area contributed by atoms with Gasteiger partial charge in [-0.2, -0.15) is 0 Å². The van der Waals surface area contributed by atoms with E-state index < -0.39 is 0 Å². The van der Waals surface area contributed by atoms with E-state index in [1.807, 2.05) is 11.8 Å². The first-order valence-corrected chi connectivity index (χ1v) is 7.82. The summed E-state index contributed by atoms with van der Waals surface area (Å²) in [4.78, 5) is 3.78. The summed E-state index contributed by atoms with van der Waals surface area (Å²) in [6, 6.07) is 6.96. The molecule has 0 unspecified atom stereocenters. The van der Waals surface area contributed by atoms with E-state index in [9.17, 15) is 0 Å². The fourth-order valence-electron chi connectivity index (χ4n) is 2.34. The smallest absolute Gasteiger partial charge is 0.0443 e. The summed E-state index contributed by atoms with van der Waals surface area (Å²) in [6.45, 7) is 2.35. The van der Waals surface area contributed by atoms with Crippen LogP contribution in [0, 0.1) is 0 Å². The number of thioether (sulfide) groups is 1. The van der Waals surface area contributed by atoms with Crippen molar-refractivity contribution in [1.82, 2.24) is 4.90 Å². The van der Waals surface area contributed by atoms with Crippen molar-refractivity contribution < 1.29 is 5.11 Å². The van der Waals surface area contributed by atoms with Gasteiger partial charge in [-0.05, 0) is 55.7 Å². The van der Waals surface area contributed by atoms with Gasteiger partial charge in [-0.15, -0.1) is 11.8 Å². The number of benzene rings is 1. The SMILES string of the molecule is CN(CCCO)CCc1ccc2c(c1)CCCS2. The summed E-state index contributed by atoms with van der Waals surface area (Å²) in [6.07, 6.45) is 4.55. The van der Waals surface area contributed by atoms with Gasteiger partial charge >= 0.3 is 0 Å². The van der Waals surface area contributed by atoms with Crippen LogP contribution in [0.5, 0.6) is 0 Å². The average Bonchev–Trinajstić information content (AvgIpc) is 2.42. The van der Waals surface area contributed by atoms with Crippen LogP contribution in [-0.4, -0.2) is 42.5 Å². The normalized spacial score (nSPS) is 14.8. The first-order chi connectivity index (χ1) is 8.79. The lowest BCUT2D eigenvalue weighted by Crippen LogP contribution is -2.23. The van der Waals surface area contributed by atoms with Crippen molar-refractivity contribution in [3.05, 3.63) is 29.3 Å². The fraction of sp³-hybridized carbons (Fsp3) is 0.600. The third-order valence-corrected chi connectivity index (χ3v) is 4.66. The zero-order chi connectivity index (χ0) is 12.8. The Morgan fingerprint density at radius 3 is 3.06 bits per heavy atom. The topological polar surface area (TPSA) is 23.5 Å². The molecule has 0 spiro atoms. The Kier molecular flexibility index (Phi) is 5.54. The fourth-order valence-corrected chi connectivity index (χ4v) is 3.36. The van der Waals surface area contributed by atoms with Gasteiger partial charge < -0.3 is 10.0 Å². The van der Waals surface area contributed by atoms with Crippen LogP contribution in [0.1, 0.15) is 24.0 Å². The third kappa shape index (κ3) is 4.01. The van der Waals surface area contributed by atoms with Crippen LogP contribution in [0.3, 0.4) is 0 Å². The molecule has 0 radical (unpaired) electrons. The molecule has 1 aliphatic rings. The molecule has 0 saturated heterocycles. The molecule has 0 aliphatic carbocycles. The Labute approximate surface area is 114 Å². The molecule has 0 fully saturated rings. The number of aliphatic hydroxyl groups excluding tert-OH is 1. The molecule has 3 heteroatoms. The number of fused-ring (bicyclic) bond motifs is 1. The van der Waals surface area contributed by atoms with Crippen LogP contribution < -0.4 is 0 Å². The highest BCUT2D eigenvalue weighted by Gasteiger charge is 2.10. The molecule has 0 bridgehead atoms. The van der Waals surface area contributed by atoms with Gasteiger partial charge in [0.2, 0.25) is 0 Å². The van der Waals surface area contributed by atoms with Crippen molar-refractivity contribution in [3.63, 3.8) is 0 Å². The van der Waals surface area contributed by atoms with E-state index in [1.54, 1.807) is 5.56 Å². The Bertz CT molecular complexity index is 381. The highest BCUT2D eigenvalue weighted by atomic mass is 32.2. The molecule has 0 amide bonds. The Balaban J connectivity index is 1.86. The molecule has 1 aromatic carbocycles. The van der Waals surface area contributed by atoms with Crippen LogP contribution >= 0.6 is 11.8 Å². The van der Waals surface area contributed by atoms with Crippen molar-refractivity contribution in [1.29, 1.82) is 0 Å². The molecule has 18 heavy (non-hydrogen) atoms. The van der Waals surface area contributed by atoms with E-state index in [0.717, 1.165) is 25.9 Å². The second-order valence-electron chi connectivity index (χ2n) is 5.02. The molecule has 100 valence electrons.